The molecule has 1 heterocycles. The van der Waals surface area contributed by atoms with Gasteiger partial charge in [0.05, 0.1) is 0 Å². The lowest BCUT2D eigenvalue weighted by atomic mass is 10.1. The number of rotatable bonds is 4. The number of alkyl halides is 1. The molecule has 2 rings (SSSR count). The number of aromatic amines is 1. The molecule has 1 atom stereocenters. The van der Waals surface area contributed by atoms with Crippen LogP contribution in [0.15, 0.2) is 36.7 Å². The van der Waals surface area contributed by atoms with Gasteiger partial charge in [0.25, 0.3) is 0 Å². The highest BCUT2D eigenvalue weighted by molar-refractivity contribution is 9.09. The Bertz CT molecular complexity index is 442. The highest BCUT2D eigenvalue weighted by Gasteiger charge is 2.10. The smallest absolute Gasteiger partial charge is 0.126 e. The van der Waals surface area contributed by atoms with Crippen molar-refractivity contribution in [2.75, 3.05) is 0 Å². The minimum absolute atomic E-state index is 0.147. The molecule has 0 spiro atoms. The van der Waals surface area contributed by atoms with Gasteiger partial charge in [-0.05, 0) is 18.1 Å². The molecular weight excluding hydrogens is 271 g/mol. The predicted octanol–water partition coefficient (Wildman–Crippen LogP) is 3.10. The van der Waals surface area contributed by atoms with Crippen LogP contribution in [0.5, 0.6) is 0 Å². The predicted molar refractivity (Wildman–Crippen MR) is 65.1 cm³/mol. The van der Waals surface area contributed by atoms with Gasteiger partial charge in [-0.25, -0.2) is 9.37 Å². The van der Waals surface area contributed by atoms with Crippen molar-refractivity contribution in [1.82, 2.24) is 9.97 Å². The molecule has 2 aromatic rings. The Hall–Kier alpha value is -1.16. The summed E-state index contributed by atoms with van der Waals surface area (Å²) in [5.41, 5.74) is 0.732. The van der Waals surface area contributed by atoms with Crippen molar-refractivity contribution in [1.29, 1.82) is 0 Å². The quantitative estimate of drug-likeness (QED) is 0.858. The zero-order valence-electron chi connectivity index (χ0n) is 8.66. The second kappa shape index (κ2) is 5.25. The van der Waals surface area contributed by atoms with Gasteiger partial charge in [-0.3, -0.25) is 0 Å². The molecular formula is C12H12BrFN2. The lowest BCUT2D eigenvalue weighted by Gasteiger charge is -2.08. The fourth-order valence-electron chi connectivity index (χ4n) is 1.59. The summed E-state index contributed by atoms with van der Waals surface area (Å²) in [4.78, 5) is 7.36. The number of nitrogens with one attached hydrogen (secondary N) is 1. The van der Waals surface area contributed by atoms with Crippen LogP contribution >= 0.6 is 15.9 Å². The van der Waals surface area contributed by atoms with E-state index in [4.69, 9.17) is 0 Å². The van der Waals surface area contributed by atoms with Crippen molar-refractivity contribution in [3.8, 4) is 0 Å². The molecule has 16 heavy (non-hydrogen) atoms. The lowest BCUT2D eigenvalue weighted by Crippen LogP contribution is -2.09. The zero-order chi connectivity index (χ0) is 11.4. The molecule has 2 nitrogen and oxygen atoms in total. The summed E-state index contributed by atoms with van der Waals surface area (Å²) in [6.45, 7) is 0. The molecule has 0 amide bonds. The summed E-state index contributed by atoms with van der Waals surface area (Å²) in [6, 6.07) is 6.85. The van der Waals surface area contributed by atoms with E-state index < -0.39 is 0 Å². The van der Waals surface area contributed by atoms with E-state index in [0.717, 1.165) is 17.8 Å². The molecule has 0 saturated carbocycles. The number of benzene rings is 1. The van der Waals surface area contributed by atoms with Gasteiger partial charge in [0.15, 0.2) is 0 Å². The van der Waals surface area contributed by atoms with E-state index in [2.05, 4.69) is 25.9 Å². The minimum atomic E-state index is -0.147. The first-order valence-electron chi connectivity index (χ1n) is 5.11. The van der Waals surface area contributed by atoms with E-state index >= 15 is 0 Å². The highest BCUT2D eigenvalue weighted by Crippen LogP contribution is 2.16. The SMILES string of the molecule is Fc1ccccc1CC(Br)Cc1ncc[nH]1. The largest absolute Gasteiger partial charge is 0.349 e. The van der Waals surface area contributed by atoms with Gasteiger partial charge in [-0.15, -0.1) is 0 Å². The Balaban J connectivity index is 1.97. The van der Waals surface area contributed by atoms with Crippen molar-refractivity contribution in [2.45, 2.75) is 17.7 Å². The highest BCUT2D eigenvalue weighted by atomic mass is 79.9. The van der Waals surface area contributed by atoms with Gasteiger partial charge in [0.1, 0.15) is 11.6 Å². The molecule has 0 aliphatic heterocycles. The Labute approximate surface area is 102 Å². The average Bonchev–Trinajstić information content (AvgIpc) is 2.74. The fraction of sp³-hybridized carbons (Fsp3) is 0.250. The number of imidazole rings is 1. The van der Waals surface area contributed by atoms with Crippen molar-refractivity contribution in [2.24, 2.45) is 0 Å². The van der Waals surface area contributed by atoms with E-state index in [1.807, 2.05) is 12.1 Å². The van der Waals surface area contributed by atoms with Crippen LogP contribution in [0.2, 0.25) is 0 Å². The fourth-order valence-corrected chi connectivity index (χ4v) is 2.25. The lowest BCUT2D eigenvalue weighted by molar-refractivity contribution is 0.605. The number of H-pyrrole nitrogens is 1. The molecule has 0 radical (unpaired) electrons. The van der Waals surface area contributed by atoms with E-state index in [-0.39, 0.29) is 10.6 Å². The molecule has 0 saturated heterocycles. The van der Waals surface area contributed by atoms with Gasteiger partial charge in [0.2, 0.25) is 0 Å². The van der Waals surface area contributed by atoms with Crippen LogP contribution in [0.4, 0.5) is 4.39 Å². The summed E-state index contributed by atoms with van der Waals surface area (Å²) in [5, 5.41) is 0. The number of hydrogen-bond donors (Lipinski definition) is 1. The van der Waals surface area contributed by atoms with Gasteiger partial charge in [-0.2, -0.15) is 0 Å². The Kier molecular flexibility index (Phi) is 3.72. The van der Waals surface area contributed by atoms with Crippen molar-refractivity contribution >= 4 is 15.9 Å². The molecule has 4 heteroatoms. The Morgan fingerprint density at radius 2 is 2.12 bits per heavy atom. The third kappa shape index (κ3) is 2.92. The molecule has 0 aliphatic carbocycles. The molecule has 0 bridgehead atoms. The molecule has 1 unspecified atom stereocenters. The van der Waals surface area contributed by atoms with Crippen LogP contribution in [0.3, 0.4) is 0 Å². The standard InChI is InChI=1S/C12H12BrFN2/c13-10(8-12-15-5-6-16-12)7-9-3-1-2-4-11(9)14/h1-6,10H,7-8H2,(H,15,16). The molecule has 0 aliphatic rings. The van der Waals surface area contributed by atoms with Crippen molar-refractivity contribution < 1.29 is 4.39 Å². The van der Waals surface area contributed by atoms with Gasteiger partial charge in [0, 0.05) is 23.6 Å². The normalized spacial score (nSPS) is 12.6. The third-order valence-electron chi connectivity index (χ3n) is 2.37. The van der Waals surface area contributed by atoms with Crippen molar-refractivity contribution in [3.63, 3.8) is 0 Å². The van der Waals surface area contributed by atoms with E-state index in [1.54, 1.807) is 18.5 Å². The maximum Gasteiger partial charge on any atom is 0.126 e. The molecule has 0 fully saturated rings. The van der Waals surface area contributed by atoms with Crippen LogP contribution in [0, 0.1) is 5.82 Å². The van der Waals surface area contributed by atoms with Crippen LogP contribution in [-0.2, 0) is 12.8 Å². The molecule has 1 aromatic heterocycles. The number of hydrogen-bond acceptors (Lipinski definition) is 1. The molecule has 1 N–H and O–H groups in total. The number of aromatic nitrogens is 2. The zero-order valence-corrected chi connectivity index (χ0v) is 10.2. The van der Waals surface area contributed by atoms with E-state index in [9.17, 15) is 4.39 Å². The number of nitrogens with zero attached hydrogens (tertiary/aromatic N) is 1. The molecule has 84 valence electrons. The monoisotopic (exact) mass is 282 g/mol. The first-order chi connectivity index (χ1) is 7.75. The Morgan fingerprint density at radius 3 is 2.81 bits per heavy atom. The minimum Gasteiger partial charge on any atom is -0.349 e. The number of halogens is 2. The topological polar surface area (TPSA) is 28.7 Å². The third-order valence-corrected chi connectivity index (χ3v) is 3.02. The van der Waals surface area contributed by atoms with Crippen LogP contribution < -0.4 is 0 Å². The van der Waals surface area contributed by atoms with Crippen LogP contribution in [0.1, 0.15) is 11.4 Å². The maximum atomic E-state index is 13.4. The van der Waals surface area contributed by atoms with Gasteiger partial charge in [-0.1, -0.05) is 34.1 Å². The maximum absolute atomic E-state index is 13.4. The Morgan fingerprint density at radius 1 is 1.31 bits per heavy atom. The summed E-state index contributed by atoms with van der Waals surface area (Å²) < 4.78 is 13.4. The summed E-state index contributed by atoms with van der Waals surface area (Å²) in [7, 11) is 0. The van der Waals surface area contributed by atoms with E-state index in [1.165, 1.54) is 6.07 Å². The first-order valence-corrected chi connectivity index (χ1v) is 6.03. The van der Waals surface area contributed by atoms with Gasteiger partial charge < -0.3 is 4.98 Å². The van der Waals surface area contributed by atoms with Crippen molar-refractivity contribution in [3.05, 3.63) is 53.9 Å². The first kappa shape index (κ1) is 11.3. The van der Waals surface area contributed by atoms with E-state index in [0.29, 0.717) is 6.42 Å². The summed E-state index contributed by atoms with van der Waals surface area (Å²) in [6.07, 6.45) is 4.94. The second-order valence-corrected chi connectivity index (χ2v) is 4.93. The second-order valence-electron chi connectivity index (χ2n) is 3.63. The summed E-state index contributed by atoms with van der Waals surface area (Å²) in [5.74, 6) is 0.768. The van der Waals surface area contributed by atoms with Crippen LogP contribution in [-0.4, -0.2) is 14.8 Å². The van der Waals surface area contributed by atoms with Crippen LogP contribution in [0.25, 0.3) is 0 Å². The molecule has 1 aromatic carbocycles. The van der Waals surface area contributed by atoms with Gasteiger partial charge >= 0.3 is 0 Å². The summed E-state index contributed by atoms with van der Waals surface area (Å²) >= 11 is 3.54. The average molecular weight is 283 g/mol.